The van der Waals surface area contributed by atoms with Crippen LogP contribution in [0.1, 0.15) is 26.5 Å². The number of carbonyl (C=O) groups is 1. The van der Waals surface area contributed by atoms with Crippen molar-refractivity contribution in [3.63, 3.8) is 0 Å². The molecule has 5 nitrogen and oxygen atoms in total. The first-order valence-electron chi connectivity index (χ1n) is 4.46. The Bertz CT molecular complexity index is 393. The Labute approximate surface area is 102 Å². The number of anilines is 1. The summed E-state index contributed by atoms with van der Waals surface area (Å²) in [5.41, 5.74) is 5.89. The maximum atomic E-state index is 11.6. The molecule has 2 N–H and O–H groups in total. The van der Waals surface area contributed by atoms with Crippen LogP contribution in [-0.4, -0.2) is 21.5 Å². The summed E-state index contributed by atoms with van der Waals surface area (Å²) < 4.78 is 7.01. The van der Waals surface area contributed by atoms with Crippen molar-refractivity contribution in [3.05, 3.63) is 9.26 Å². The van der Waals surface area contributed by atoms with Crippen LogP contribution in [0, 0.1) is 10.5 Å². The van der Waals surface area contributed by atoms with Gasteiger partial charge in [0, 0.05) is 0 Å². The fourth-order valence-electron chi connectivity index (χ4n) is 0.970. The Kier molecular flexibility index (Phi) is 3.27. The van der Waals surface area contributed by atoms with Gasteiger partial charge in [-0.05, 0) is 50.3 Å². The topological polar surface area (TPSA) is 70.1 Å². The Morgan fingerprint density at radius 1 is 1.53 bits per heavy atom. The van der Waals surface area contributed by atoms with E-state index in [4.69, 9.17) is 10.5 Å². The number of nitrogens with zero attached hydrogens (tertiary/aromatic N) is 2. The molecule has 0 saturated carbocycles. The van der Waals surface area contributed by atoms with Gasteiger partial charge in [-0.3, -0.25) is 0 Å². The highest BCUT2D eigenvalue weighted by atomic mass is 127. The zero-order valence-corrected chi connectivity index (χ0v) is 11.3. The van der Waals surface area contributed by atoms with Gasteiger partial charge in [-0.2, -0.15) is 5.10 Å². The van der Waals surface area contributed by atoms with E-state index in [1.54, 1.807) is 27.7 Å². The molecule has 0 unspecified atom stereocenters. The fraction of sp³-hybridized carbons (Fsp3) is 0.556. The average Bonchev–Trinajstić information content (AvgIpc) is 2.30. The summed E-state index contributed by atoms with van der Waals surface area (Å²) in [6.45, 7) is 7.17. The molecular weight excluding hydrogens is 309 g/mol. The molecule has 0 fully saturated rings. The van der Waals surface area contributed by atoms with Crippen LogP contribution in [0.25, 0.3) is 0 Å². The SMILES string of the molecule is Cc1nn(C(=O)OC(C)(C)C)c(N)c1I. The average molecular weight is 323 g/mol. The molecule has 0 amide bonds. The maximum Gasteiger partial charge on any atom is 0.437 e. The molecule has 1 aromatic rings. The molecule has 1 aromatic heterocycles. The molecule has 0 saturated heterocycles. The van der Waals surface area contributed by atoms with Crippen molar-refractivity contribution in [2.24, 2.45) is 0 Å². The quantitative estimate of drug-likeness (QED) is 0.743. The smallest absolute Gasteiger partial charge is 0.437 e. The highest BCUT2D eigenvalue weighted by molar-refractivity contribution is 14.1. The van der Waals surface area contributed by atoms with Gasteiger partial charge in [-0.1, -0.05) is 0 Å². The van der Waals surface area contributed by atoms with Crippen LogP contribution < -0.4 is 5.73 Å². The number of carbonyl (C=O) groups excluding carboxylic acids is 1. The number of hydrogen-bond acceptors (Lipinski definition) is 4. The Hall–Kier alpha value is -0.790. The number of rotatable bonds is 0. The molecule has 15 heavy (non-hydrogen) atoms. The van der Waals surface area contributed by atoms with Gasteiger partial charge in [-0.25, -0.2) is 4.79 Å². The van der Waals surface area contributed by atoms with Crippen LogP contribution in [0.5, 0.6) is 0 Å². The van der Waals surface area contributed by atoms with Crippen molar-refractivity contribution in [2.45, 2.75) is 33.3 Å². The van der Waals surface area contributed by atoms with Gasteiger partial charge in [0.1, 0.15) is 11.4 Å². The molecule has 0 aromatic carbocycles. The third-order valence-corrected chi connectivity index (χ3v) is 2.92. The Morgan fingerprint density at radius 2 is 2.07 bits per heavy atom. The monoisotopic (exact) mass is 323 g/mol. The number of aromatic nitrogens is 2. The van der Waals surface area contributed by atoms with E-state index in [2.05, 4.69) is 5.10 Å². The zero-order valence-electron chi connectivity index (χ0n) is 9.17. The van der Waals surface area contributed by atoms with Crippen molar-refractivity contribution < 1.29 is 9.53 Å². The minimum Gasteiger partial charge on any atom is -0.442 e. The Balaban J connectivity index is 2.98. The van der Waals surface area contributed by atoms with Gasteiger partial charge >= 0.3 is 6.09 Å². The standard InChI is InChI=1S/C9H14IN3O2/c1-5-6(10)7(11)13(12-5)8(14)15-9(2,3)4/h11H2,1-4H3. The van der Waals surface area contributed by atoms with Crippen molar-refractivity contribution >= 4 is 34.5 Å². The molecule has 0 bridgehead atoms. The number of ether oxygens (including phenoxy) is 1. The predicted octanol–water partition coefficient (Wildman–Crippen LogP) is 2.16. The van der Waals surface area contributed by atoms with Crippen molar-refractivity contribution in [1.82, 2.24) is 9.78 Å². The van der Waals surface area contributed by atoms with Crippen LogP contribution in [-0.2, 0) is 4.74 Å². The third-order valence-electron chi connectivity index (χ3n) is 1.59. The molecule has 0 aliphatic heterocycles. The molecule has 6 heteroatoms. The van der Waals surface area contributed by atoms with Crippen LogP contribution >= 0.6 is 22.6 Å². The first-order valence-corrected chi connectivity index (χ1v) is 5.54. The second kappa shape index (κ2) is 3.99. The van der Waals surface area contributed by atoms with Gasteiger partial charge in [0.2, 0.25) is 0 Å². The second-order valence-corrected chi connectivity index (χ2v) is 5.26. The summed E-state index contributed by atoms with van der Waals surface area (Å²) in [6.07, 6.45) is -0.550. The van der Waals surface area contributed by atoms with Crippen LogP contribution in [0.4, 0.5) is 10.6 Å². The number of hydrogen-bond donors (Lipinski definition) is 1. The normalized spacial score (nSPS) is 11.5. The number of halogens is 1. The van der Waals surface area contributed by atoms with Gasteiger partial charge in [-0.15, -0.1) is 4.68 Å². The fourth-order valence-corrected chi connectivity index (χ4v) is 1.31. The molecule has 0 radical (unpaired) electrons. The predicted molar refractivity (Wildman–Crippen MR) is 65.7 cm³/mol. The van der Waals surface area contributed by atoms with Crippen LogP contribution in [0.2, 0.25) is 0 Å². The highest BCUT2D eigenvalue weighted by Crippen LogP contribution is 2.19. The summed E-state index contributed by atoms with van der Waals surface area (Å²) in [7, 11) is 0. The van der Waals surface area contributed by atoms with E-state index >= 15 is 0 Å². The maximum absolute atomic E-state index is 11.6. The molecule has 84 valence electrons. The number of aryl methyl sites for hydroxylation is 1. The van der Waals surface area contributed by atoms with Crippen LogP contribution in [0.3, 0.4) is 0 Å². The summed E-state index contributed by atoms with van der Waals surface area (Å²) in [6, 6.07) is 0. The second-order valence-electron chi connectivity index (χ2n) is 4.18. The minimum absolute atomic E-state index is 0.322. The van der Waals surface area contributed by atoms with Gasteiger partial charge in [0.15, 0.2) is 0 Å². The van der Waals surface area contributed by atoms with E-state index < -0.39 is 11.7 Å². The summed E-state index contributed by atoms with van der Waals surface area (Å²) >= 11 is 2.04. The summed E-state index contributed by atoms with van der Waals surface area (Å²) in [5.74, 6) is 0.322. The lowest BCUT2D eigenvalue weighted by molar-refractivity contribution is 0.0518. The van der Waals surface area contributed by atoms with Crippen LogP contribution in [0.15, 0.2) is 0 Å². The van der Waals surface area contributed by atoms with Gasteiger partial charge in [0.25, 0.3) is 0 Å². The lowest BCUT2D eigenvalue weighted by atomic mass is 10.2. The minimum atomic E-state index is -0.550. The lowest BCUT2D eigenvalue weighted by Crippen LogP contribution is -2.28. The first kappa shape index (κ1) is 12.3. The molecule has 0 aliphatic rings. The first-order chi connectivity index (χ1) is 6.72. The third kappa shape index (κ3) is 2.83. The number of nitrogen functional groups attached to an aromatic ring is 1. The molecule has 0 aliphatic carbocycles. The van der Waals surface area contributed by atoms with E-state index in [1.807, 2.05) is 22.6 Å². The van der Waals surface area contributed by atoms with E-state index in [9.17, 15) is 4.79 Å². The van der Waals surface area contributed by atoms with E-state index in [0.717, 1.165) is 13.9 Å². The largest absolute Gasteiger partial charge is 0.442 e. The summed E-state index contributed by atoms with van der Waals surface area (Å²) in [4.78, 5) is 11.6. The van der Waals surface area contributed by atoms with E-state index in [0.29, 0.717) is 5.82 Å². The van der Waals surface area contributed by atoms with E-state index in [-0.39, 0.29) is 0 Å². The van der Waals surface area contributed by atoms with Gasteiger partial charge < -0.3 is 10.5 Å². The summed E-state index contributed by atoms with van der Waals surface area (Å²) in [5, 5.41) is 4.00. The molecule has 0 atom stereocenters. The molecular formula is C9H14IN3O2. The van der Waals surface area contributed by atoms with Gasteiger partial charge in [0.05, 0.1) is 9.26 Å². The Morgan fingerprint density at radius 3 is 2.40 bits per heavy atom. The number of nitrogens with two attached hydrogens (primary N) is 1. The molecule has 1 heterocycles. The molecule has 0 spiro atoms. The highest BCUT2D eigenvalue weighted by Gasteiger charge is 2.22. The van der Waals surface area contributed by atoms with Crippen molar-refractivity contribution in [2.75, 3.05) is 5.73 Å². The molecule has 1 rings (SSSR count). The van der Waals surface area contributed by atoms with Crippen molar-refractivity contribution in [3.8, 4) is 0 Å². The lowest BCUT2D eigenvalue weighted by Gasteiger charge is -2.19. The zero-order chi connectivity index (χ0) is 11.8. The van der Waals surface area contributed by atoms with Crippen molar-refractivity contribution in [1.29, 1.82) is 0 Å². The van der Waals surface area contributed by atoms with E-state index in [1.165, 1.54) is 0 Å².